The van der Waals surface area contributed by atoms with Crippen molar-refractivity contribution in [2.75, 3.05) is 13.1 Å². The molecule has 2 nitrogen and oxygen atoms in total. The number of nitrogens with one attached hydrogen (secondary N) is 1. The van der Waals surface area contributed by atoms with Gasteiger partial charge in [-0.2, -0.15) is 0 Å². The van der Waals surface area contributed by atoms with Gasteiger partial charge in [-0.3, -0.25) is 0 Å². The van der Waals surface area contributed by atoms with Crippen LogP contribution in [0.25, 0.3) is 0 Å². The van der Waals surface area contributed by atoms with Gasteiger partial charge in [0.25, 0.3) is 0 Å². The van der Waals surface area contributed by atoms with Crippen molar-refractivity contribution in [3.63, 3.8) is 0 Å². The van der Waals surface area contributed by atoms with E-state index in [1.54, 1.807) is 6.07 Å². The maximum Gasteiger partial charge on any atom is 0.123 e. The van der Waals surface area contributed by atoms with Crippen molar-refractivity contribution in [1.82, 2.24) is 5.32 Å². The van der Waals surface area contributed by atoms with Crippen molar-refractivity contribution < 1.29 is 4.39 Å². The molecule has 0 saturated heterocycles. The van der Waals surface area contributed by atoms with Crippen molar-refractivity contribution >= 4 is 0 Å². The fraction of sp³-hybridized carbons (Fsp3) is 0.600. The molecule has 0 fully saturated rings. The summed E-state index contributed by atoms with van der Waals surface area (Å²) in [5.74, 6) is 0.492. The molecular weight excluding hydrogens is 227 g/mol. The summed E-state index contributed by atoms with van der Waals surface area (Å²) in [6.07, 6.45) is 2.34. The molecule has 3 N–H and O–H groups in total. The Bertz CT molecular complexity index is 362. The summed E-state index contributed by atoms with van der Waals surface area (Å²) in [7, 11) is 0. The molecule has 0 radical (unpaired) electrons. The molecule has 0 spiro atoms. The molecule has 3 heteroatoms. The monoisotopic (exact) mass is 252 g/mol. The summed E-state index contributed by atoms with van der Waals surface area (Å²) >= 11 is 0. The Labute approximate surface area is 110 Å². The highest BCUT2D eigenvalue weighted by Crippen LogP contribution is 2.19. The van der Waals surface area contributed by atoms with Gasteiger partial charge in [-0.1, -0.05) is 32.8 Å². The fourth-order valence-electron chi connectivity index (χ4n) is 2.24. The van der Waals surface area contributed by atoms with Crippen LogP contribution in [0.2, 0.25) is 0 Å². The predicted octanol–water partition coefficient (Wildman–Crippen LogP) is 3.16. The van der Waals surface area contributed by atoms with E-state index in [0.29, 0.717) is 12.5 Å². The lowest BCUT2D eigenvalue weighted by Crippen LogP contribution is -2.32. The first-order chi connectivity index (χ1) is 8.62. The fourth-order valence-corrected chi connectivity index (χ4v) is 2.24. The normalized spacial score (nSPS) is 13.0. The quantitative estimate of drug-likeness (QED) is 0.782. The molecule has 0 aromatic heterocycles. The van der Waals surface area contributed by atoms with Gasteiger partial charge < -0.3 is 11.1 Å². The standard InChI is InChI=1S/C15H25FN2/c1-4-12(5-2)10-18-15(9-17)14-7-6-13(16)8-11(14)3/h6-8,12,15,18H,4-5,9-10,17H2,1-3H3. The van der Waals surface area contributed by atoms with Gasteiger partial charge in [-0.25, -0.2) is 4.39 Å². The summed E-state index contributed by atoms with van der Waals surface area (Å²) in [4.78, 5) is 0. The lowest BCUT2D eigenvalue weighted by atomic mass is 9.99. The van der Waals surface area contributed by atoms with E-state index >= 15 is 0 Å². The van der Waals surface area contributed by atoms with E-state index in [2.05, 4.69) is 19.2 Å². The third-order valence-electron chi connectivity index (χ3n) is 3.65. The van der Waals surface area contributed by atoms with Crippen LogP contribution in [0.1, 0.15) is 43.9 Å². The van der Waals surface area contributed by atoms with Crippen LogP contribution in [0.15, 0.2) is 18.2 Å². The van der Waals surface area contributed by atoms with Gasteiger partial charge in [-0.05, 0) is 42.6 Å². The zero-order valence-electron chi connectivity index (χ0n) is 11.7. The van der Waals surface area contributed by atoms with Gasteiger partial charge in [0.1, 0.15) is 5.82 Å². The van der Waals surface area contributed by atoms with Gasteiger partial charge in [0.2, 0.25) is 0 Å². The summed E-state index contributed by atoms with van der Waals surface area (Å²) < 4.78 is 13.1. The van der Waals surface area contributed by atoms with Crippen LogP contribution in [0.5, 0.6) is 0 Å². The molecular formula is C15H25FN2. The van der Waals surface area contributed by atoms with E-state index in [0.717, 1.165) is 17.7 Å². The number of rotatable bonds is 7. The van der Waals surface area contributed by atoms with Crippen molar-refractivity contribution in [3.8, 4) is 0 Å². The highest BCUT2D eigenvalue weighted by Gasteiger charge is 2.13. The molecule has 1 rings (SSSR count). The molecule has 0 amide bonds. The summed E-state index contributed by atoms with van der Waals surface area (Å²) in [5, 5.41) is 3.50. The summed E-state index contributed by atoms with van der Waals surface area (Å²) in [6.45, 7) is 7.84. The van der Waals surface area contributed by atoms with Gasteiger partial charge in [0, 0.05) is 12.6 Å². The zero-order chi connectivity index (χ0) is 13.5. The molecule has 0 heterocycles. The third kappa shape index (κ3) is 4.07. The highest BCUT2D eigenvalue weighted by atomic mass is 19.1. The molecule has 0 aliphatic rings. The SMILES string of the molecule is CCC(CC)CNC(CN)c1ccc(F)cc1C. The van der Waals surface area contributed by atoms with Gasteiger partial charge in [-0.15, -0.1) is 0 Å². The molecule has 18 heavy (non-hydrogen) atoms. The topological polar surface area (TPSA) is 38.0 Å². The second kappa shape index (κ2) is 7.49. The maximum absolute atomic E-state index is 13.1. The number of hydrogen-bond donors (Lipinski definition) is 2. The lowest BCUT2D eigenvalue weighted by Gasteiger charge is -2.22. The lowest BCUT2D eigenvalue weighted by molar-refractivity contribution is 0.413. The van der Waals surface area contributed by atoms with E-state index in [9.17, 15) is 4.39 Å². The number of halogens is 1. The number of hydrogen-bond acceptors (Lipinski definition) is 2. The van der Waals surface area contributed by atoms with E-state index in [4.69, 9.17) is 5.73 Å². The van der Waals surface area contributed by atoms with Gasteiger partial charge in [0.15, 0.2) is 0 Å². The van der Waals surface area contributed by atoms with E-state index in [1.807, 2.05) is 13.0 Å². The van der Waals surface area contributed by atoms with Crippen LogP contribution in [0, 0.1) is 18.7 Å². The molecule has 1 atom stereocenters. The maximum atomic E-state index is 13.1. The predicted molar refractivity (Wildman–Crippen MR) is 75.0 cm³/mol. The smallest absolute Gasteiger partial charge is 0.123 e. The summed E-state index contributed by atoms with van der Waals surface area (Å²) in [6, 6.07) is 5.02. The van der Waals surface area contributed by atoms with E-state index in [1.165, 1.54) is 18.9 Å². The van der Waals surface area contributed by atoms with Crippen molar-refractivity contribution in [3.05, 3.63) is 35.1 Å². The van der Waals surface area contributed by atoms with Crippen LogP contribution < -0.4 is 11.1 Å². The molecule has 1 aromatic rings. The molecule has 0 bridgehead atoms. The van der Waals surface area contributed by atoms with Crippen molar-refractivity contribution in [1.29, 1.82) is 0 Å². The first-order valence-corrected chi connectivity index (χ1v) is 6.81. The van der Waals surface area contributed by atoms with Crippen LogP contribution >= 0.6 is 0 Å². The molecule has 0 aliphatic heterocycles. The largest absolute Gasteiger partial charge is 0.329 e. The molecule has 0 aliphatic carbocycles. The van der Waals surface area contributed by atoms with Gasteiger partial charge >= 0.3 is 0 Å². The Morgan fingerprint density at radius 3 is 2.44 bits per heavy atom. The van der Waals surface area contributed by atoms with Crippen LogP contribution in [0.4, 0.5) is 4.39 Å². The number of aryl methyl sites for hydroxylation is 1. The van der Waals surface area contributed by atoms with E-state index < -0.39 is 0 Å². The minimum absolute atomic E-state index is 0.117. The molecule has 1 unspecified atom stereocenters. The second-order valence-electron chi connectivity index (χ2n) is 4.88. The Kier molecular flexibility index (Phi) is 6.30. The third-order valence-corrected chi connectivity index (χ3v) is 3.65. The highest BCUT2D eigenvalue weighted by molar-refractivity contribution is 5.29. The minimum Gasteiger partial charge on any atom is -0.329 e. The first-order valence-electron chi connectivity index (χ1n) is 6.81. The Morgan fingerprint density at radius 1 is 1.28 bits per heavy atom. The second-order valence-corrected chi connectivity index (χ2v) is 4.88. The molecule has 102 valence electrons. The Morgan fingerprint density at radius 2 is 1.94 bits per heavy atom. The number of nitrogens with two attached hydrogens (primary N) is 1. The van der Waals surface area contributed by atoms with Gasteiger partial charge in [0.05, 0.1) is 0 Å². The summed E-state index contributed by atoms with van der Waals surface area (Å²) in [5.41, 5.74) is 7.89. The average molecular weight is 252 g/mol. The average Bonchev–Trinajstić information content (AvgIpc) is 2.36. The Balaban J connectivity index is 2.71. The van der Waals surface area contributed by atoms with E-state index in [-0.39, 0.29) is 11.9 Å². The molecule has 1 aromatic carbocycles. The Hall–Kier alpha value is -0.930. The minimum atomic E-state index is -0.188. The van der Waals surface area contributed by atoms with Crippen molar-refractivity contribution in [2.24, 2.45) is 11.7 Å². The van der Waals surface area contributed by atoms with Crippen molar-refractivity contribution in [2.45, 2.75) is 39.7 Å². The zero-order valence-corrected chi connectivity index (χ0v) is 11.7. The first kappa shape index (κ1) is 15.1. The molecule has 0 saturated carbocycles. The number of benzene rings is 1. The van der Waals surface area contributed by atoms with Crippen LogP contribution in [-0.4, -0.2) is 13.1 Å². The van der Waals surface area contributed by atoms with Crippen LogP contribution in [0.3, 0.4) is 0 Å². The van der Waals surface area contributed by atoms with Crippen LogP contribution in [-0.2, 0) is 0 Å².